The van der Waals surface area contributed by atoms with Crippen molar-refractivity contribution in [1.29, 1.82) is 0 Å². The van der Waals surface area contributed by atoms with E-state index in [2.05, 4.69) is 0 Å². The molecule has 0 aromatic heterocycles. The number of hydrogen-bond donors (Lipinski definition) is 3. The summed E-state index contributed by atoms with van der Waals surface area (Å²) in [4.78, 5) is 0. The standard InChI is InChI=1S/C2H5O5S.Na/c3-1-2(4)8(5,6)7;/h1-4H,(H,5,6,7);/q-1;+1. The fraction of sp³-hybridized carbons (Fsp3) is 0.500. The smallest absolute Gasteiger partial charge is 0.562 e. The predicted molar refractivity (Wildman–Crippen MR) is 23.8 cm³/mol. The van der Waals surface area contributed by atoms with Crippen molar-refractivity contribution in [2.75, 3.05) is 0 Å². The SMILES string of the molecule is O=S(=O)(O)C(O)[CH-]O.[Na+]. The second kappa shape index (κ2) is 4.62. The Bertz CT molecular complexity index is 150. The third-order valence-electron chi connectivity index (χ3n) is 0.433. The van der Waals surface area contributed by atoms with Gasteiger partial charge in [-0.15, -0.1) is 0 Å². The van der Waals surface area contributed by atoms with Crippen molar-refractivity contribution < 1.29 is 52.7 Å². The maximum Gasteiger partial charge on any atom is 1.00 e. The van der Waals surface area contributed by atoms with Crippen molar-refractivity contribution >= 4 is 10.1 Å². The second-order valence-corrected chi connectivity index (χ2v) is 2.57. The molecule has 0 aliphatic carbocycles. The van der Waals surface area contributed by atoms with Crippen molar-refractivity contribution in [2.24, 2.45) is 0 Å². The van der Waals surface area contributed by atoms with Crippen LogP contribution in [-0.4, -0.2) is 28.6 Å². The van der Waals surface area contributed by atoms with Gasteiger partial charge in [-0.2, -0.15) is 15.0 Å². The van der Waals surface area contributed by atoms with E-state index in [1.54, 1.807) is 0 Å². The molecule has 5 nitrogen and oxygen atoms in total. The molecule has 1 atom stereocenters. The molecule has 9 heavy (non-hydrogen) atoms. The van der Waals surface area contributed by atoms with Crippen LogP contribution in [0.2, 0.25) is 0 Å². The first-order chi connectivity index (χ1) is 3.48. The summed E-state index contributed by atoms with van der Waals surface area (Å²) >= 11 is 0. The molecule has 0 radical (unpaired) electrons. The van der Waals surface area contributed by atoms with Crippen molar-refractivity contribution in [1.82, 2.24) is 0 Å². The Labute approximate surface area is 74.7 Å². The van der Waals surface area contributed by atoms with Gasteiger partial charge in [-0.25, -0.2) is 0 Å². The van der Waals surface area contributed by atoms with Gasteiger partial charge in [0.1, 0.15) is 0 Å². The molecule has 0 spiro atoms. The number of hydrogen-bond acceptors (Lipinski definition) is 4. The summed E-state index contributed by atoms with van der Waals surface area (Å²) in [6.45, 7) is -0.0324. The molecule has 0 fully saturated rings. The summed E-state index contributed by atoms with van der Waals surface area (Å²) in [7, 11) is -4.50. The monoisotopic (exact) mass is 164 g/mol. The Morgan fingerprint density at radius 1 is 1.44 bits per heavy atom. The molecule has 0 bridgehead atoms. The van der Waals surface area contributed by atoms with Crippen LogP contribution in [0.15, 0.2) is 0 Å². The zero-order chi connectivity index (χ0) is 6.78. The molecule has 7 heteroatoms. The Kier molecular flexibility index (Phi) is 6.41. The average molecular weight is 164 g/mol. The largest absolute Gasteiger partial charge is 1.00 e. The molecule has 0 heterocycles. The van der Waals surface area contributed by atoms with E-state index in [1.165, 1.54) is 0 Å². The van der Waals surface area contributed by atoms with E-state index in [1.807, 2.05) is 0 Å². The van der Waals surface area contributed by atoms with Gasteiger partial charge in [0.2, 0.25) is 0 Å². The van der Waals surface area contributed by atoms with E-state index in [0.29, 0.717) is 0 Å². The van der Waals surface area contributed by atoms with Crippen LogP contribution in [-0.2, 0) is 10.1 Å². The van der Waals surface area contributed by atoms with Crippen LogP contribution in [0.3, 0.4) is 0 Å². The van der Waals surface area contributed by atoms with Crippen LogP contribution in [0.5, 0.6) is 0 Å². The number of aliphatic hydroxyl groups is 2. The first kappa shape index (κ1) is 12.5. The minimum absolute atomic E-state index is 0. The zero-order valence-electron chi connectivity index (χ0n) is 4.72. The number of rotatable bonds is 2. The maximum atomic E-state index is 9.68. The van der Waals surface area contributed by atoms with E-state index in [0.717, 1.165) is 0 Å². The normalized spacial score (nSPS) is 14.1. The molecule has 0 amide bonds. The summed E-state index contributed by atoms with van der Waals surface area (Å²) < 4.78 is 27.2. The molecule has 3 N–H and O–H groups in total. The Morgan fingerprint density at radius 2 is 1.78 bits per heavy atom. The molecule has 0 aromatic carbocycles. The molecule has 0 rings (SSSR count). The molecule has 0 aromatic rings. The van der Waals surface area contributed by atoms with Crippen LogP contribution < -0.4 is 29.6 Å². The van der Waals surface area contributed by atoms with Crippen LogP contribution in [0.4, 0.5) is 0 Å². The minimum atomic E-state index is -4.50. The minimum Gasteiger partial charge on any atom is -0.562 e. The Hall–Kier alpha value is 0.830. The maximum absolute atomic E-state index is 9.68. The summed E-state index contributed by atoms with van der Waals surface area (Å²) in [5, 5.41) is 15.8. The van der Waals surface area contributed by atoms with Crippen LogP contribution in [0.25, 0.3) is 0 Å². The van der Waals surface area contributed by atoms with E-state index in [4.69, 9.17) is 14.8 Å². The van der Waals surface area contributed by atoms with Gasteiger partial charge in [-0.05, 0) is 0 Å². The molecule has 50 valence electrons. The Morgan fingerprint density at radius 3 is 1.78 bits per heavy atom. The molecular weight excluding hydrogens is 159 g/mol. The third-order valence-corrected chi connectivity index (χ3v) is 1.16. The van der Waals surface area contributed by atoms with Crippen molar-refractivity contribution in [3.8, 4) is 0 Å². The molecule has 1 unspecified atom stereocenters. The van der Waals surface area contributed by atoms with Gasteiger partial charge in [-0.3, -0.25) is 4.55 Å². The predicted octanol–water partition coefficient (Wildman–Crippen LogP) is -4.27. The van der Waals surface area contributed by atoms with E-state index >= 15 is 0 Å². The van der Waals surface area contributed by atoms with E-state index in [-0.39, 0.29) is 36.2 Å². The summed E-state index contributed by atoms with van der Waals surface area (Å²) in [6, 6.07) is 0. The van der Waals surface area contributed by atoms with Gasteiger partial charge >= 0.3 is 29.6 Å². The van der Waals surface area contributed by atoms with Crippen LogP contribution in [0.1, 0.15) is 0 Å². The van der Waals surface area contributed by atoms with Crippen molar-refractivity contribution in [2.45, 2.75) is 5.44 Å². The third kappa shape index (κ3) is 5.28. The molecule has 0 aliphatic heterocycles. The van der Waals surface area contributed by atoms with E-state index in [9.17, 15) is 8.42 Å². The van der Waals surface area contributed by atoms with E-state index < -0.39 is 15.6 Å². The second-order valence-electron chi connectivity index (χ2n) is 1.05. The fourth-order valence-corrected chi connectivity index (χ4v) is 0.231. The first-order valence-electron chi connectivity index (χ1n) is 1.60. The Balaban J connectivity index is 0. The quantitative estimate of drug-likeness (QED) is 0.218. The molecular formula is C2H5NaO5S. The van der Waals surface area contributed by atoms with Gasteiger partial charge in [0.15, 0.2) is 0 Å². The summed E-state index contributed by atoms with van der Waals surface area (Å²) in [6.07, 6.45) is 0. The van der Waals surface area contributed by atoms with Gasteiger partial charge < -0.3 is 10.2 Å². The zero-order valence-corrected chi connectivity index (χ0v) is 7.54. The van der Waals surface area contributed by atoms with Crippen molar-refractivity contribution in [3.63, 3.8) is 0 Å². The summed E-state index contributed by atoms with van der Waals surface area (Å²) in [5.74, 6) is 0. The first-order valence-corrected chi connectivity index (χ1v) is 3.10. The molecule has 0 saturated carbocycles. The topological polar surface area (TPSA) is 94.8 Å². The van der Waals surface area contributed by atoms with Gasteiger partial charge in [0.25, 0.3) is 10.1 Å². The van der Waals surface area contributed by atoms with Crippen LogP contribution in [0, 0.1) is 6.61 Å². The van der Waals surface area contributed by atoms with Gasteiger partial charge in [0, 0.05) is 0 Å². The summed E-state index contributed by atoms with van der Waals surface area (Å²) in [5.41, 5.74) is -2.19. The van der Waals surface area contributed by atoms with Gasteiger partial charge in [-0.1, -0.05) is 0 Å². The van der Waals surface area contributed by atoms with Crippen molar-refractivity contribution in [3.05, 3.63) is 6.61 Å². The molecule has 0 aliphatic rings. The number of aliphatic hydroxyl groups excluding tert-OH is 2. The fourth-order valence-electron chi connectivity index (χ4n) is 0.0769. The average Bonchev–Trinajstić information content (AvgIpc) is 1.62. The van der Waals surface area contributed by atoms with Gasteiger partial charge in [0.05, 0.1) is 5.44 Å². The van der Waals surface area contributed by atoms with Crippen LogP contribution >= 0.6 is 0 Å². The molecule has 0 saturated heterocycles.